The normalized spacial score (nSPS) is 23.3. The van der Waals surface area contributed by atoms with E-state index in [2.05, 4.69) is 107 Å². The molecular weight excluding hydrogens is 476 g/mol. The zero-order valence-electron chi connectivity index (χ0n) is 22.4. The molecule has 4 nitrogen and oxygen atoms in total. The molecule has 3 aromatic carbocycles. The van der Waals surface area contributed by atoms with Crippen LogP contribution in [0, 0.1) is 5.92 Å². The molecule has 2 aliphatic rings. The molecule has 1 fully saturated rings. The Hall–Kier alpha value is -2.54. The Bertz CT molecular complexity index is 1150. The predicted octanol–water partition coefficient (Wildman–Crippen LogP) is 5.47. The van der Waals surface area contributed by atoms with Crippen LogP contribution >= 0.6 is 0 Å². The van der Waals surface area contributed by atoms with Crippen LogP contribution in [0.25, 0.3) is 0 Å². The number of benzene rings is 3. The first-order valence-electron chi connectivity index (χ1n) is 13.2. The molecule has 1 heterocycles. The van der Waals surface area contributed by atoms with Crippen molar-refractivity contribution in [2.45, 2.75) is 51.0 Å². The molecule has 0 saturated carbocycles. The zero-order valence-corrected chi connectivity index (χ0v) is 23.4. The summed E-state index contributed by atoms with van der Waals surface area (Å²) in [4.78, 5) is 0. The summed E-state index contributed by atoms with van der Waals surface area (Å²) >= 11 is 0. The molecule has 5 rings (SSSR count). The van der Waals surface area contributed by atoms with E-state index in [-0.39, 0.29) is 23.9 Å². The lowest BCUT2D eigenvalue weighted by Gasteiger charge is -2.45. The Kier molecular flexibility index (Phi) is 7.53. The molecule has 1 aliphatic heterocycles. The standard InChI is InChI=1S/C32H38O4Si/c1-25-20-27-22-35-32(25,30(27)34-24-33-21-26-14-8-5-9-15-26)23-36-37(31(2,3)4,28-16-10-6-11-17-28)29-18-12-7-13-19-29/h5-20,27,30H,21-24H2,1-4H3. The van der Waals surface area contributed by atoms with Gasteiger partial charge in [0.05, 0.1) is 19.8 Å². The van der Waals surface area contributed by atoms with Crippen LogP contribution in [0.4, 0.5) is 0 Å². The van der Waals surface area contributed by atoms with E-state index in [1.807, 2.05) is 18.2 Å². The van der Waals surface area contributed by atoms with E-state index in [0.29, 0.717) is 19.8 Å². The van der Waals surface area contributed by atoms with E-state index in [9.17, 15) is 0 Å². The second-order valence-corrected chi connectivity index (χ2v) is 15.5. The van der Waals surface area contributed by atoms with Crippen molar-refractivity contribution < 1.29 is 18.6 Å². The van der Waals surface area contributed by atoms with Gasteiger partial charge >= 0.3 is 0 Å². The van der Waals surface area contributed by atoms with Crippen LogP contribution in [-0.4, -0.2) is 40.0 Å². The van der Waals surface area contributed by atoms with Gasteiger partial charge in [0.15, 0.2) is 0 Å². The van der Waals surface area contributed by atoms with Crippen molar-refractivity contribution in [1.29, 1.82) is 0 Å². The fraction of sp³-hybridized carbons (Fsp3) is 0.375. The maximum Gasteiger partial charge on any atom is 0.261 e. The summed E-state index contributed by atoms with van der Waals surface area (Å²) in [6, 6.07) is 31.7. The van der Waals surface area contributed by atoms with E-state index in [4.69, 9.17) is 18.6 Å². The number of fused-ring (bicyclic) bond motifs is 2. The second-order valence-electron chi connectivity index (χ2n) is 11.2. The lowest BCUT2D eigenvalue weighted by Crippen LogP contribution is -2.68. The highest BCUT2D eigenvalue weighted by Crippen LogP contribution is 2.47. The van der Waals surface area contributed by atoms with Crippen molar-refractivity contribution >= 4 is 18.7 Å². The molecule has 3 aromatic rings. The van der Waals surface area contributed by atoms with Gasteiger partial charge in [-0.1, -0.05) is 118 Å². The Morgan fingerprint density at radius 2 is 1.43 bits per heavy atom. The smallest absolute Gasteiger partial charge is 0.261 e. The van der Waals surface area contributed by atoms with E-state index in [1.165, 1.54) is 15.9 Å². The highest BCUT2D eigenvalue weighted by Gasteiger charge is 2.59. The fourth-order valence-corrected chi connectivity index (χ4v) is 10.6. The first-order chi connectivity index (χ1) is 17.9. The predicted molar refractivity (Wildman–Crippen MR) is 150 cm³/mol. The Labute approximate surface area is 222 Å². The lowest BCUT2D eigenvalue weighted by atomic mass is 9.95. The van der Waals surface area contributed by atoms with Gasteiger partial charge in [-0.15, -0.1) is 0 Å². The summed E-state index contributed by atoms with van der Waals surface area (Å²) < 4.78 is 26.1. The van der Waals surface area contributed by atoms with Gasteiger partial charge in [-0.25, -0.2) is 0 Å². The van der Waals surface area contributed by atoms with Gasteiger partial charge in [-0.2, -0.15) is 0 Å². The highest BCUT2D eigenvalue weighted by molar-refractivity contribution is 6.99. The Morgan fingerprint density at radius 1 is 0.865 bits per heavy atom. The molecule has 3 unspecified atom stereocenters. The molecule has 0 spiro atoms. The minimum atomic E-state index is -2.70. The zero-order chi connectivity index (χ0) is 25.9. The largest absolute Gasteiger partial charge is 0.404 e. The third kappa shape index (κ3) is 4.87. The highest BCUT2D eigenvalue weighted by atomic mass is 28.4. The van der Waals surface area contributed by atoms with Gasteiger partial charge in [0.25, 0.3) is 8.32 Å². The molecule has 1 aliphatic carbocycles. The topological polar surface area (TPSA) is 36.9 Å². The van der Waals surface area contributed by atoms with E-state index < -0.39 is 13.9 Å². The minimum absolute atomic E-state index is 0.101. The number of hydrogen-bond acceptors (Lipinski definition) is 4. The van der Waals surface area contributed by atoms with Crippen LogP contribution in [-0.2, 0) is 25.2 Å². The molecule has 0 aromatic heterocycles. The van der Waals surface area contributed by atoms with Gasteiger partial charge in [-0.3, -0.25) is 0 Å². The molecule has 194 valence electrons. The summed E-state index contributed by atoms with van der Waals surface area (Å²) in [5, 5.41) is 2.43. The molecule has 0 amide bonds. The van der Waals surface area contributed by atoms with Gasteiger partial charge in [0, 0.05) is 5.92 Å². The van der Waals surface area contributed by atoms with Crippen LogP contribution in [0.15, 0.2) is 103 Å². The third-order valence-corrected chi connectivity index (χ3v) is 12.9. The second kappa shape index (κ2) is 10.7. The van der Waals surface area contributed by atoms with Gasteiger partial charge < -0.3 is 18.6 Å². The van der Waals surface area contributed by atoms with Gasteiger partial charge in [0.1, 0.15) is 18.5 Å². The molecule has 0 radical (unpaired) electrons. The van der Waals surface area contributed by atoms with E-state index >= 15 is 0 Å². The van der Waals surface area contributed by atoms with Crippen LogP contribution in [0.3, 0.4) is 0 Å². The van der Waals surface area contributed by atoms with Crippen LogP contribution in [0.1, 0.15) is 33.3 Å². The number of rotatable bonds is 10. The van der Waals surface area contributed by atoms with Crippen molar-refractivity contribution in [1.82, 2.24) is 0 Å². The van der Waals surface area contributed by atoms with Crippen molar-refractivity contribution in [3.8, 4) is 0 Å². The summed E-state index contributed by atoms with van der Waals surface area (Å²) in [5.41, 5.74) is 1.72. The number of ether oxygens (including phenoxy) is 3. The minimum Gasteiger partial charge on any atom is -0.404 e. The SMILES string of the molecule is CC1=CC2COC1(CO[Si](c1ccccc1)(c1ccccc1)C(C)(C)C)C2OCOCc1ccccc1. The summed E-state index contributed by atoms with van der Waals surface area (Å²) in [6.45, 7) is 10.9. The molecule has 2 bridgehead atoms. The Balaban J connectivity index is 1.40. The summed E-state index contributed by atoms with van der Waals surface area (Å²) in [5.74, 6) is 0.211. The van der Waals surface area contributed by atoms with Crippen LogP contribution in [0.2, 0.25) is 5.04 Å². The van der Waals surface area contributed by atoms with Gasteiger partial charge in [-0.05, 0) is 33.5 Å². The fourth-order valence-electron chi connectivity index (χ4n) is 6.02. The molecule has 37 heavy (non-hydrogen) atoms. The van der Waals surface area contributed by atoms with Crippen molar-refractivity contribution in [2.75, 3.05) is 20.0 Å². The summed E-state index contributed by atoms with van der Waals surface area (Å²) in [6.07, 6.45) is 2.18. The first-order valence-corrected chi connectivity index (χ1v) is 15.1. The Morgan fingerprint density at radius 3 is 1.97 bits per heavy atom. The van der Waals surface area contributed by atoms with Crippen LogP contribution in [0.5, 0.6) is 0 Å². The quantitative estimate of drug-likeness (QED) is 0.156. The average Bonchev–Trinajstić information content (AvgIpc) is 3.38. The molecule has 5 heteroatoms. The van der Waals surface area contributed by atoms with Crippen molar-refractivity contribution in [3.05, 3.63) is 108 Å². The lowest BCUT2D eigenvalue weighted by molar-refractivity contribution is -0.143. The van der Waals surface area contributed by atoms with Crippen molar-refractivity contribution in [3.63, 3.8) is 0 Å². The molecule has 1 saturated heterocycles. The molecular formula is C32H38O4Si. The monoisotopic (exact) mass is 514 g/mol. The van der Waals surface area contributed by atoms with E-state index in [0.717, 1.165) is 5.56 Å². The number of hydrogen-bond donors (Lipinski definition) is 0. The average molecular weight is 515 g/mol. The molecule has 3 atom stereocenters. The third-order valence-electron chi connectivity index (χ3n) is 7.88. The van der Waals surface area contributed by atoms with E-state index in [1.54, 1.807) is 0 Å². The maximum absolute atomic E-state index is 7.30. The van der Waals surface area contributed by atoms with Crippen molar-refractivity contribution in [2.24, 2.45) is 5.92 Å². The first kappa shape index (κ1) is 26.1. The van der Waals surface area contributed by atoms with Crippen LogP contribution < -0.4 is 10.4 Å². The molecule has 0 N–H and O–H groups in total. The van der Waals surface area contributed by atoms with Gasteiger partial charge in [0.2, 0.25) is 0 Å². The summed E-state index contributed by atoms with van der Waals surface area (Å²) in [7, 11) is -2.70. The maximum atomic E-state index is 7.30.